The molecule has 136 valence electrons. The molecule has 0 spiro atoms. The lowest BCUT2D eigenvalue weighted by atomic mass is 9.76. The van der Waals surface area contributed by atoms with E-state index in [2.05, 4.69) is 0 Å². The fourth-order valence-corrected chi connectivity index (χ4v) is 2.51. The molecule has 1 rings (SSSR count). The predicted molar refractivity (Wildman–Crippen MR) is 69.9 cm³/mol. The molecule has 5 unspecified atom stereocenters. The van der Waals surface area contributed by atoms with Crippen molar-refractivity contribution in [3.8, 4) is 0 Å². The molecule has 1 fully saturated rings. The molecule has 1 aliphatic heterocycles. The summed E-state index contributed by atoms with van der Waals surface area (Å²) in [5, 5.41) is 86.9. The molecule has 9 atom stereocenters. The average Bonchev–Trinajstić information content (AvgIpc) is 2.56. The first-order valence-electron chi connectivity index (χ1n) is 6.79. The van der Waals surface area contributed by atoms with Crippen LogP contribution in [0.5, 0.6) is 0 Å². The van der Waals surface area contributed by atoms with E-state index in [1.165, 1.54) is 0 Å². The molecule has 0 aromatic heterocycles. The molecular formula is C12H22O11. The average molecular weight is 342 g/mol. The standard InChI is InChI=1S/C12H22O11/c13-1-4(16)10(21)12(22,6(17)3-15)11-9(20)8(19)7(18)5(2-14)23-11/h3-11,13-14,16-22H,1-2H2/t4?,5-,6?,7-,8+,9-,10?,11?,12?/m1/s1. The molecule has 11 nitrogen and oxygen atoms in total. The van der Waals surface area contributed by atoms with E-state index in [0.29, 0.717) is 0 Å². The molecule has 0 bridgehead atoms. The number of rotatable bonds is 7. The van der Waals surface area contributed by atoms with Gasteiger partial charge in [-0.1, -0.05) is 0 Å². The lowest BCUT2D eigenvalue weighted by Gasteiger charge is -2.49. The van der Waals surface area contributed by atoms with Gasteiger partial charge in [0.05, 0.1) is 13.2 Å². The Balaban J connectivity index is 3.27. The minimum Gasteiger partial charge on any atom is -0.394 e. The van der Waals surface area contributed by atoms with Gasteiger partial charge in [0.2, 0.25) is 0 Å². The van der Waals surface area contributed by atoms with Crippen LogP contribution in [-0.4, -0.2) is 120 Å². The first-order chi connectivity index (χ1) is 10.7. The van der Waals surface area contributed by atoms with Gasteiger partial charge in [0.25, 0.3) is 0 Å². The second kappa shape index (κ2) is 7.90. The highest BCUT2D eigenvalue weighted by Crippen LogP contribution is 2.33. The maximum atomic E-state index is 10.8. The van der Waals surface area contributed by atoms with Crippen molar-refractivity contribution in [1.82, 2.24) is 0 Å². The van der Waals surface area contributed by atoms with Gasteiger partial charge in [-0.25, -0.2) is 0 Å². The quantitative estimate of drug-likeness (QED) is 0.199. The van der Waals surface area contributed by atoms with Gasteiger partial charge in [-0.15, -0.1) is 0 Å². The molecule has 0 aromatic carbocycles. The summed E-state index contributed by atoms with van der Waals surface area (Å²) >= 11 is 0. The van der Waals surface area contributed by atoms with Crippen molar-refractivity contribution >= 4 is 6.29 Å². The van der Waals surface area contributed by atoms with Gasteiger partial charge < -0.3 is 55.5 Å². The maximum Gasteiger partial charge on any atom is 0.154 e. The number of aldehydes is 1. The summed E-state index contributed by atoms with van der Waals surface area (Å²) in [7, 11) is 0. The van der Waals surface area contributed by atoms with Crippen molar-refractivity contribution in [3.63, 3.8) is 0 Å². The van der Waals surface area contributed by atoms with Crippen LogP contribution in [0.15, 0.2) is 0 Å². The SMILES string of the molecule is O=CC(O)C(O)(C(O)C(O)CO)C1O[C@H](CO)[C@@H](O)[C@H](O)[C@H]1O. The highest BCUT2D eigenvalue weighted by molar-refractivity contribution is 5.59. The normalized spacial score (nSPS) is 38.4. The molecule has 23 heavy (non-hydrogen) atoms. The zero-order valence-electron chi connectivity index (χ0n) is 12.0. The number of aliphatic hydroxyl groups excluding tert-OH is 8. The molecular weight excluding hydrogens is 320 g/mol. The summed E-state index contributed by atoms with van der Waals surface area (Å²) in [5.74, 6) is 0. The van der Waals surface area contributed by atoms with E-state index in [1.807, 2.05) is 0 Å². The molecule has 1 aliphatic rings. The Bertz CT molecular complexity index is 391. The van der Waals surface area contributed by atoms with Crippen LogP contribution in [-0.2, 0) is 9.53 Å². The first kappa shape index (κ1) is 20.3. The Morgan fingerprint density at radius 1 is 1.04 bits per heavy atom. The second-order valence-electron chi connectivity index (χ2n) is 5.41. The van der Waals surface area contributed by atoms with Crippen molar-refractivity contribution in [2.24, 2.45) is 0 Å². The monoisotopic (exact) mass is 342 g/mol. The van der Waals surface area contributed by atoms with Crippen LogP contribution in [0.3, 0.4) is 0 Å². The largest absolute Gasteiger partial charge is 0.394 e. The maximum absolute atomic E-state index is 10.8. The third kappa shape index (κ3) is 3.53. The molecule has 9 N–H and O–H groups in total. The number of hydrogen-bond acceptors (Lipinski definition) is 11. The molecule has 0 amide bonds. The number of hydrogen-bond donors (Lipinski definition) is 9. The molecule has 0 aromatic rings. The zero-order chi connectivity index (χ0) is 17.9. The van der Waals surface area contributed by atoms with E-state index in [9.17, 15) is 40.5 Å². The lowest BCUT2D eigenvalue weighted by Crippen LogP contribution is -2.73. The zero-order valence-corrected chi connectivity index (χ0v) is 12.0. The minimum atomic E-state index is -3.04. The van der Waals surface area contributed by atoms with Gasteiger partial charge in [-0.05, 0) is 0 Å². The van der Waals surface area contributed by atoms with E-state index in [0.717, 1.165) is 0 Å². The fourth-order valence-electron chi connectivity index (χ4n) is 2.51. The summed E-state index contributed by atoms with van der Waals surface area (Å²) < 4.78 is 5.00. The summed E-state index contributed by atoms with van der Waals surface area (Å²) in [4.78, 5) is 10.8. The molecule has 0 radical (unpaired) electrons. The second-order valence-corrected chi connectivity index (χ2v) is 5.41. The van der Waals surface area contributed by atoms with Crippen LogP contribution in [0, 0.1) is 0 Å². The Morgan fingerprint density at radius 3 is 2.04 bits per heavy atom. The molecule has 0 aliphatic carbocycles. The van der Waals surface area contributed by atoms with E-state index >= 15 is 0 Å². The van der Waals surface area contributed by atoms with Gasteiger partial charge in [-0.2, -0.15) is 0 Å². The number of aliphatic hydroxyl groups is 9. The fraction of sp³-hybridized carbons (Fsp3) is 0.917. The highest BCUT2D eigenvalue weighted by Gasteiger charge is 2.59. The smallest absolute Gasteiger partial charge is 0.154 e. The van der Waals surface area contributed by atoms with Crippen molar-refractivity contribution in [3.05, 3.63) is 0 Å². The summed E-state index contributed by atoms with van der Waals surface area (Å²) in [6.45, 7) is -1.92. The Morgan fingerprint density at radius 2 is 1.61 bits per heavy atom. The van der Waals surface area contributed by atoms with Gasteiger partial charge in [0.15, 0.2) is 11.9 Å². The Hall–Kier alpha value is -0.730. The Kier molecular flexibility index (Phi) is 6.97. The van der Waals surface area contributed by atoms with Crippen LogP contribution in [0.4, 0.5) is 0 Å². The van der Waals surface area contributed by atoms with Crippen molar-refractivity contribution in [2.45, 2.75) is 54.4 Å². The minimum absolute atomic E-state index is 0.214. The molecule has 11 heteroatoms. The Labute approximate surface area is 130 Å². The van der Waals surface area contributed by atoms with Crippen molar-refractivity contribution in [2.75, 3.05) is 13.2 Å². The number of ether oxygens (including phenoxy) is 1. The summed E-state index contributed by atoms with van der Waals surface area (Å²) in [6.07, 6.45) is -16.4. The molecule has 0 saturated carbocycles. The van der Waals surface area contributed by atoms with Crippen molar-refractivity contribution < 1.29 is 55.5 Å². The third-order valence-electron chi connectivity index (χ3n) is 3.98. The van der Waals surface area contributed by atoms with Crippen LogP contribution >= 0.6 is 0 Å². The van der Waals surface area contributed by atoms with Crippen LogP contribution < -0.4 is 0 Å². The van der Waals surface area contributed by atoms with E-state index < -0.39 is 67.6 Å². The van der Waals surface area contributed by atoms with Crippen molar-refractivity contribution in [1.29, 1.82) is 0 Å². The van der Waals surface area contributed by atoms with Gasteiger partial charge in [0, 0.05) is 0 Å². The molecule has 1 heterocycles. The van der Waals surface area contributed by atoms with Gasteiger partial charge in [-0.3, -0.25) is 0 Å². The summed E-state index contributed by atoms with van der Waals surface area (Å²) in [5.41, 5.74) is -3.04. The highest BCUT2D eigenvalue weighted by atomic mass is 16.6. The van der Waals surface area contributed by atoms with Crippen LogP contribution in [0.25, 0.3) is 0 Å². The first-order valence-corrected chi connectivity index (χ1v) is 6.79. The van der Waals surface area contributed by atoms with E-state index in [-0.39, 0.29) is 6.29 Å². The van der Waals surface area contributed by atoms with Crippen LogP contribution in [0.1, 0.15) is 0 Å². The lowest BCUT2D eigenvalue weighted by molar-refractivity contribution is -0.305. The third-order valence-corrected chi connectivity index (χ3v) is 3.98. The number of carbonyl (C=O) groups is 1. The van der Waals surface area contributed by atoms with Gasteiger partial charge >= 0.3 is 0 Å². The van der Waals surface area contributed by atoms with Gasteiger partial charge in [0.1, 0.15) is 48.8 Å². The number of carbonyl (C=O) groups excluding carboxylic acids is 1. The molecule has 1 saturated heterocycles. The van der Waals surface area contributed by atoms with E-state index in [1.54, 1.807) is 0 Å². The van der Waals surface area contributed by atoms with E-state index in [4.69, 9.17) is 14.9 Å². The topological polar surface area (TPSA) is 208 Å². The summed E-state index contributed by atoms with van der Waals surface area (Å²) in [6, 6.07) is 0. The predicted octanol–water partition coefficient (Wildman–Crippen LogP) is -6.17. The van der Waals surface area contributed by atoms with Crippen LogP contribution in [0.2, 0.25) is 0 Å².